The van der Waals surface area contributed by atoms with Crippen molar-refractivity contribution in [2.75, 3.05) is 0 Å². The van der Waals surface area contributed by atoms with Crippen molar-refractivity contribution in [2.45, 2.75) is 0 Å². The molecule has 1 radical (unpaired) electrons. The van der Waals surface area contributed by atoms with Gasteiger partial charge < -0.3 is 19.8 Å². The van der Waals surface area contributed by atoms with Crippen LogP contribution in [0.25, 0.3) is 0 Å². The van der Waals surface area contributed by atoms with Crippen LogP contribution in [0.1, 0.15) is 0 Å². The summed E-state index contributed by atoms with van der Waals surface area (Å²) in [4.78, 5) is 17.9. The molecular formula is C2NdO4U+. The molecule has 0 aromatic rings. The van der Waals surface area contributed by atoms with Crippen molar-refractivity contribution in [1.29, 1.82) is 0 Å². The number of hydrogen-bond acceptors (Lipinski definition) is 4. The van der Waals surface area contributed by atoms with E-state index in [1.54, 1.807) is 0 Å². The Morgan fingerprint density at radius 1 is 1.00 bits per heavy atom. The molecule has 0 saturated heterocycles. The first-order chi connectivity index (χ1) is 2.64. The molecule has 0 heterocycles. The van der Waals surface area contributed by atoms with Gasteiger partial charge in [0.2, 0.25) is 0 Å². The number of rotatable bonds is 0. The molecule has 0 bridgehead atoms. The third kappa shape index (κ3) is 10.3. The average Bonchev–Trinajstić information content (AvgIpc) is 1.36. The van der Waals surface area contributed by atoms with Gasteiger partial charge in [0.25, 0.3) is 0 Å². The monoisotopic (exact) mass is 468 g/mol. The number of carboxylic acids is 2. The van der Waals surface area contributed by atoms with E-state index in [9.17, 15) is 0 Å². The fourth-order valence-electron chi connectivity index (χ4n) is 0. The summed E-state index contributed by atoms with van der Waals surface area (Å²) in [5.41, 5.74) is 0. The Kier molecular flexibility index (Phi) is 16.9. The van der Waals surface area contributed by atoms with Crippen LogP contribution in [0, 0.1) is 72.0 Å². The Labute approximate surface area is 102 Å². The largest absolute Gasteiger partial charge is 3.00 e. The molecule has 8 heavy (non-hydrogen) atoms. The van der Waals surface area contributed by atoms with Gasteiger partial charge in [-0.25, -0.2) is 0 Å². The van der Waals surface area contributed by atoms with Crippen LogP contribution in [0.3, 0.4) is 0 Å². The third-order valence-corrected chi connectivity index (χ3v) is 0.167. The van der Waals surface area contributed by atoms with Gasteiger partial charge in [0.05, 0.1) is 11.9 Å². The van der Waals surface area contributed by atoms with Crippen LogP contribution < -0.4 is 10.2 Å². The predicted octanol–water partition coefficient (Wildman–Crippen LogP) is -3.51. The predicted molar refractivity (Wildman–Crippen MR) is 10.0 cm³/mol. The summed E-state index contributed by atoms with van der Waals surface area (Å²) in [5, 5.41) is 17.9. The molecule has 4 nitrogen and oxygen atoms in total. The normalized spacial score (nSPS) is 5.50. The molecule has 0 aromatic heterocycles. The first-order valence-electron chi connectivity index (χ1n) is 1.07. The zero-order chi connectivity index (χ0) is 5.15. The van der Waals surface area contributed by atoms with E-state index in [1.807, 2.05) is 0 Å². The molecule has 0 fully saturated rings. The summed E-state index contributed by atoms with van der Waals surface area (Å²) in [6.07, 6.45) is 0. The smallest absolute Gasteiger partial charge is 0.543 e. The molecule has 0 saturated carbocycles. The van der Waals surface area contributed by atoms with Gasteiger partial charge in [0.15, 0.2) is 0 Å². The molecule has 0 spiro atoms. The summed E-state index contributed by atoms with van der Waals surface area (Å²) >= 11 is 0. The van der Waals surface area contributed by atoms with E-state index in [2.05, 4.69) is 0 Å². The van der Waals surface area contributed by atoms with E-state index < -0.39 is 11.9 Å². The second-order valence-corrected chi connectivity index (χ2v) is 0.575. The Hall–Kier alpha value is 1.34. The standard InChI is InChI=1S/C2H2O4.Nd.U/c3-1(4)2(5)6;;/h(H,3,4)(H,5,6);;/q;+3;/p-2. The van der Waals surface area contributed by atoms with Crippen molar-refractivity contribution in [1.82, 2.24) is 0 Å². The summed E-state index contributed by atoms with van der Waals surface area (Å²) in [5.74, 6) is -4.37. The van der Waals surface area contributed by atoms with Crippen molar-refractivity contribution >= 4 is 11.9 Å². The van der Waals surface area contributed by atoms with Gasteiger partial charge in [-0.05, 0) is 0 Å². The Balaban J connectivity index is -0.000000125. The van der Waals surface area contributed by atoms with Crippen molar-refractivity contribution in [2.24, 2.45) is 0 Å². The van der Waals surface area contributed by atoms with Gasteiger partial charge in [-0.15, -0.1) is 0 Å². The topological polar surface area (TPSA) is 80.3 Å². The minimum Gasteiger partial charge on any atom is -0.543 e. The zero-order valence-electron chi connectivity index (χ0n) is 3.63. The second-order valence-electron chi connectivity index (χ2n) is 0.575. The number of carboxylic acid groups (broad SMARTS) is 2. The van der Waals surface area contributed by atoms with Gasteiger partial charge in [-0.2, -0.15) is 0 Å². The molecule has 0 aliphatic carbocycles. The van der Waals surface area contributed by atoms with Crippen molar-refractivity contribution in [3.63, 3.8) is 0 Å². The molecule has 6 heteroatoms. The summed E-state index contributed by atoms with van der Waals surface area (Å²) in [6, 6.07) is 0. The summed E-state index contributed by atoms with van der Waals surface area (Å²) in [6.45, 7) is 0. The maximum atomic E-state index is 8.93. The van der Waals surface area contributed by atoms with Crippen LogP contribution in [-0.2, 0) is 9.59 Å². The second kappa shape index (κ2) is 8.34. The Morgan fingerprint density at radius 3 is 1.12 bits per heavy atom. The van der Waals surface area contributed by atoms with Gasteiger partial charge in [-0.3, -0.25) is 0 Å². The molecule has 0 amide bonds. The molecule has 0 N–H and O–H groups in total. The molecule has 0 rings (SSSR count). The quantitative estimate of drug-likeness (QED) is 0.344. The van der Waals surface area contributed by atoms with E-state index >= 15 is 0 Å². The van der Waals surface area contributed by atoms with Crippen LogP contribution in [-0.4, -0.2) is 11.9 Å². The number of carbonyl (C=O) groups excluding carboxylic acids is 2. The molecule has 39 valence electrons. The molecule has 0 atom stereocenters. The minimum absolute atomic E-state index is 0. The first-order valence-corrected chi connectivity index (χ1v) is 1.07. The number of carbonyl (C=O) groups is 2. The van der Waals surface area contributed by atoms with Crippen molar-refractivity contribution < 1.29 is 91.8 Å². The zero-order valence-corrected chi connectivity index (χ0v) is 11.0. The molecular weight excluding hydrogens is 470 g/mol. The van der Waals surface area contributed by atoms with Crippen molar-refractivity contribution in [3.05, 3.63) is 0 Å². The van der Waals surface area contributed by atoms with E-state index in [-0.39, 0.29) is 72.0 Å². The van der Waals surface area contributed by atoms with Crippen molar-refractivity contribution in [3.8, 4) is 0 Å². The van der Waals surface area contributed by atoms with E-state index in [4.69, 9.17) is 19.8 Å². The minimum atomic E-state index is -2.19. The number of aliphatic carboxylic acids is 2. The van der Waals surface area contributed by atoms with Crippen LogP contribution in [0.15, 0.2) is 0 Å². The summed E-state index contributed by atoms with van der Waals surface area (Å²) in [7, 11) is 0. The van der Waals surface area contributed by atoms with Gasteiger partial charge in [0.1, 0.15) is 0 Å². The van der Waals surface area contributed by atoms with Gasteiger partial charge in [-0.1, -0.05) is 0 Å². The SMILES string of the molecule is O=C([O-])C(=O)[O-].[Nd+3].[U]. The maximum Gasteiger partial charge on any atom is 3.00 e. The number of hydrogen-bond donors (Lipinski definition) is 0. The molecule has 0 aliphatic heterocycles. The molecule has 0 unspecified atom stereocenters. The van der Waals surface area contributed by atoms with Crippen LogP contribution in [0.2, 0.25) is 0 Å². The van der Waals surface area contributed by atoms with E-state index in [0.29, 0.717) is 0 Å². The van der Waals surface area contributed by atoms with Crippen LogP contribution >= 0.6 is 0 Å². The van der Waals surface area contributed by atoms with E-state index in [0.717, 1.165) is 0 Å². The fraction of sp³-hybridized carbons (Fsp3) is 0. The van der Waals surface area contributed by atoms with Crippen LogP contribution in [0.4, 0.5) is 0 Å². The van der Waals surface area contributed by atoms with E-state index in [1.165, 1.54) is 0 Å². The molecule has 0 aliphatic rings. The average molecular weight is 470 g/mol. The first kappa shape index (κ1) is 16.2. The van der Waals surface area contributed by atoms with Crippen LogP contribution in [0.5, 0.6) is 0 Å². The maximum absolute atomic E-state index is 8.93. The van der Waals surface area contributed by atoms with Gasteiger partial charge in [0, 0.05) is 31.1 Å². The molecule has 0 aromatic carbocycles. The third-order valence-electron chi connectivity index (χ3n) is 0.167. The summed E-state index contributed by atoms with van der Waals surface area (Å²) < 4.78 is 0. The van der Waals surface area contributed by atoms with Gasteiger partial charge >= 0.3 is 40.8 Å². The Morgan fingerprint density at radius 2 is 1.12 bits per heavy atom. The fourth-order valence-corrected chi connectivity index (χ4v) is 0. The Bertz CT molecular complexity index is 80.0.